The summed E-state index contributed by atoms with van der Waals surface area (Å²) >= 11 is 0. The van der Waals surface area contributed by atoms with Crippen molar-refractivity contribution in [1.82, 2.24) is 0 Å². The fraction of sp³-hybridized carbons (Fsp3) is 0.286. The van der Waals surface area contributed by atoms with Crippen LogP contribution in [0.25, 0.3) is 0 Å². The number of allylic oxidation sites excluding steroid dienone is 1. The summed E-state index contributed by atoms with van der Waals surface area (Å²) < 4.78 is 9.70. The molecule has 1 rings (SSSR count). The van der Waals surface area contributed by atoms with E-state index in [1.54, 1.807) is 12.2 Å². The summed E-state index contributed by atoms with van der Waals surface area (Å²) in [5, 5.41) is 8.54. The summed E-state index contributed by atoms with van der Waals surface area (Å²) in [6.07, 6.45) is 3.51. The molecule has 0 saturated carbocycles. The van der Waals surface area contributed by atoms with Crippen LogP contribution in [0.5, 0.6) is 0 Å². The zero-order chi connectivity index (χ0) is 14.1. The molecule has 0 unspecified atom stereocenters. The average molecular weight is 264 g/mol. The Balaban J connectivity index is 2.60. The van der Waals surface area contributed by atoms with Gasteiger partial charge in [-0.25, -0.2) is 9.59 Å². The first-order chi connectivity index (χ1) is 9.19. The highest BCUT2D eigenvalue weighted by Gasteiger charge is 2.10. The Morgan fingerprint density at radius 1 is 1.11 bits per heavy atom. The average Bonchev–Trinajstić information content (AvgIpc) is 2.45. The first-order valence-electron chi connectivity index (χ1n) is 5.85. The molecule has 0 atom stereocenters. The minimum Gasteiger partial charge on any atom is -0.460 e. The van der Waals surface area contributed by atoms with Gasteiger partial charge in [-0.2, -0.15) is 0 Å². The van der Waals surface area contributed by atoms with E-state index < -0.39 is 11.9 Å². The van der Waals surface area contributed by atoms with E-state index in [9.17, 15) is 9.59 Å². The van der Waals surface area contributed by atoms with E-state index in [0.717, 1.165) is 0 Å². The van der Waals surface area contributed by atoms with Crippen LogP contribution in [0.1, 0.15) is 27.6 Å². The first-order valence-corrected chi connectivity index (χ1v) is 5.85. The van der Waals surface area contributed by atoms with Crippen molar-refractivity contribution in [2.75, 3.05) is 19.8 Å². The smallest absolute Gasteiger partial charge is 0.338 e. The van der Waals surface area contributed by atoms with E-state index in [0.29, 0.717) is 11.1 Å². The van der Waals surface area contributed by atoms with Gasteiger partial charge in [0.25, 0.3) is 0 Å². The first kappa shape index (κ1) is 14.9. The van der Waals surface area contributed by atoms with Crippen LogP contribution in [0.4, 0.5) is 0 Å². The van der Waals surface area contributed by atoms with Crippen LogP contribution < -0.4 is 0 Å². The number of ether oxygens (including phenoxy) is 2. The van der Waals surface area contributed by atoms with Crippen molar-refractivity contribution < 1.29 is 24.2 Å². The molecule has 0 aromatic heterocycles. The zero-order valence-corrected chi connectivity index (χ0v) is 10.7. The maximum absolute atomic E-state index is 11.6. The Morgan fingerprint density at radius 3 is 2.11 bits per heavy atom. The molecule has 0 amide bonds. The number of esters is 2. The van der Waals surface area contributed by atoms with E-state index in [1.165, 1.54) is 24.3 Å². The van der Waals surface area contributed by atoms with Gasteiger partial charge < -0.3 is 14.6 Å². The predicted octanol–water partition coefficient (Wildman–Crippen LogP) is 1.57. The van der Waals surface area contributed by atoms with Crippen LogP contribution in [0.2, 0.25) is 0 Å². The third kappa shape index (κ3) is 4.93. The van der Waals surface area contributed by atoms with Gasteiger partial charge >= 0.3 is 11.9 Å². The van der Waals surface area contributed by atoms with Crippen molar-refractivity contribution in [3.8, 4) is 0 Å². The van der Waals surface area contributed by atoms with Crippen molar-refractivity contribution >= 4 is 11.9 Å². The number of benzene rings is 1. The van der Waals surface area contributed by atoms with Crippen molar-refractivity contribution in [3.63, 3.8) is 0 Å². The summed E-state index contributed by atoms with van der Waals surface area (Å²) in [6.45, 7) is 1.78. The summed E-state index contributed by atoms with van der Waals surface area (Å²) in [5.74, 6) is -0.990. The number of rotatable bonds is 6. The highest BCUT2D eigenvalue weighted by atomic mass is 16.5. The minimum absolute atomic E-state index is 0.0496. The molecule has 0 aliphatic rings. The van der Waals surface area contributed by atoms with E-state index in [2.05, 4.69) is 0 Å². The Morgan fingerprint density at radius 2 is 1.63 bits per heavy atom. The van der Waals surface area contributed by atoms with Crippen molar-refractivity contribution in [2.45, 2.75) is 6.92 Å². The molecule has 0 fully saturated rings. The van der Waals surface area contributed by atoms with Crippen LogP contribution in [0, 0.1) is 0 Å². The monoisotopic (exact) mass is 264 g/mol. The molecule has 0 bridgehead atoms. The lowest BCUT2D eigenvalue weighted by Crippen LogP contribution is -2.10. The highest BCUT2D eigenvalue weighted by Crippen LogP contribution is 2.07. The highest BCUT2D eigenvalue weighted by molar-refractivity contribution is 5.93. The predicted molar refractivity (Wildman–Crippen MR) is 68.9 cm³/mol. The van der Waals surface area contributed by atoms with Crippen molar-refractivity contribution in [1.29, 1.82) is 0 Å². The van der Waals surface area contributed by atoms with Gasteiger partial charge in [0.1, 0.15) is 13.2 Å². The summed E-state index contributed by atoms with van der Waals surface area (Å²) in [7, 11) is 0. The Hall–Kier alpha value is -2.14. The molecular weight excluding hydrogens is 248 g/mol. The van der Waals surface area contributed by atoms with Crippen LogP contribution in [-0.4, -0.2) is 36.9 Å². The summed E-state index contributed by atoms with van der Waals surface area (Å²) in [6, 6.07) is 5.94. The molecule has 0 spiro atoms. The van der Waals surface area contributed by atoms with Gasteiger partial charge in [0, 0.05) is 0 Å². The van der Waals surface area contributed by atoms with Gasteiger partial charge in [-0.1, -0.05) is 12.2 Å². The maximum atomic E-state index is 11.6. The Labute approximate surface area is 111 Å². The molecule has 0 saturated heterocycles. The number of carbonyl (C=O) groups is 2. The summed E-state index contributed by atoms with van der Waals surface area (Å²) in [5.41, 5.74) is 0.682. The van der Waals surface area contributed by atoms with E-state index in [-0.39, 0.29) is 19.8 Å². The SMILES string of the molecule is CC=CCOC(=O)c1ccc(C(=O)OCCO)cc1. The molecule has 0 aliphatic heterocycles. The Kier molecular flexibility index (Phi) is 6.32. The number of hydrogen-bond donors (Lipinski definition) is 1. The van der Waals surface area contributed by atoms with E-state index in [1.807, 2.05) is 6.92 Å². The van der Waals surface area contributed by atoms with Gasteiger partial charge in [0.2, 0.25) is 0 Å². The topological polar surface area (TPSA) is 72.8 Å². The number of carbonyl (C=O) groups excluding carboxylic acids is 2. The zero-order valence-electron chi connectivity index (χ0n) is 10.7. The van der Waals surface area contributed by atoms with Crippen LogP contribution in [-0.2, 0) is 9.47 Å². The third-order valence-electron chi connectivity index (χ3n) is 2.23. The van der Waals surface area contributed by atoms with E-state index in [4.69, 9.17) is 14.6 Å². The maximum Gasteiger partial charge on any atom is 0.338 e. The minimum atomic E-state index is -0.539. The van der Waals surface area contributed by atoms with Gasteiger partial charge in [0.15, 0.2) is 0 Å². The van der Waals surface area contributed by atoms with Crippen LogP contribution >= 0.6 is 0 Å². The molecule has 19 heavy (non-hydrogen) atoms. The molecule has 102 valence electrons. The molecule has 5 nitrogen and oxygen atoms in total. The largest absolute Gasteiger partial charge is 0.460 e. The quantitative estimate of drug-likeness (QED) is 0.623. The van der Waals surface area contributed by atoms with Gasteiger partial charge in [-0.3, -0.25) is 0 Å². The Bertz CT molecular complexity index is 447. The molecule has 1 N–H and O–H groups in total. The third-order valence-corrected chi connectivity index (χ3v) is 2.23. The molecule has 1 aromatic rings. The van der Waals surface area contributed by atoms with E-state index >= 15 is 0 Å². The molecule has 0 aliphatic carbocycles. The molecule has 5 heteroatoms. The van der Waals surface area contributed by atoms with Gasteiger partial charge in [0.05, 0.1) is 17.7 Å². The fourth-order valence-corrected chi connectivity index (χ4v) is 1.27. The molecule has 0 radical (unpaired) electrons. The lowest BCUT2D eigenvalue weighted by Gasteiger charge is -2.04. The number of aliphatic hydroxyl groups excluding tert-OH is 1. The molecule has 1 aromatic carbocycles. The normalized spacial score (nSPS) is 10.4. The number of aliphatic hydroxyl groups is 1. The standard InChI is InChI=1S/C14H16O5/c1-2-3-9-18-13(16)11-4-6-12(7-5-11)14(17)19-10-8-15/h2-7,15H,8-10H2,1H3. The molecular formula is C14H16O5. The lowest BCUT2D eigenvalue weighted by molar-refractivity contribution is 0.0432. The van der Waals surface area contributed by atoms with Crippen LogP contribution in [0.15, 0.2) is 36.4 Å². The van der Waals surface area contributed by atoms with Crippen molar-refractivity contribution in [3.05, 3.63) is 47.5 Å². The molecule has 0 heterocycles. The van der Waals surface area contributed by atoms with Gasteiger partial charge in [-0.15, -0.1) is 0 Å². The van der Waals surface area contributed by atoms with Crippen molar-refractivity contribution in [2.24, 2.45) is 0 Å². The van der Waals surface area contributed by atoms with Crippen LogP contribution in [0.3, 0.4) is 0 Å². The second-order valence-electron chi connectivity index (χ2n) is 3.60. The number of hydrogen-bond acceptors (Lipinski definition) is 5. The second-order valence-corrected chi connectivity index (χ2v) is 3.60. The lowest BCUT2D eigenvalue weighted by atomic mass is 10.1. The van der Waals surface area contributed by atoms with Gasteiger partial charge in [-0.05, 0) is 31.2 Å². The second kappa shape index (κ2) is 8.05. The summed E-state index contributed by atoms with van der Waals surface area (Å²) in [4.78, 5) is 23.0. The fourth-order valence-electron chi connectivity index (χ4n) is 1.27.